The monoisotopic (exact) mass is 749 g/mol. The Bertz CT molecular complexity index is 1720. The van der Waals surface area contributed by atoms with E-state index in [-0.39, 0.29) is 12.3 Å². The van der Waals surface area contributed by atoms with Crippen molar-refractivity contribution in [3.8, 4) is 5.75 Å². The minimum Gasteiger partial charge on any atom is -0.444 e. The van der Waals surface area contributed by atoms with Crippen molar-refractivity contribution in [1.82, 2.24) is 10.6 Å². The number of alkyl carbamates (subject to hydrolysis) is 1. The molecule has 2 atom stereocenters. The van der Waals surface area contributed by atoms with Crippen LogP contribution in [0.15, 0.2) is 59.1 Å². The summed E-state index contributed by atoms with van der Waals surface area (Å²) in [7, 11) is 0. The number of anilines is 1. The summed E-state index contributed by atoms with van der Waals surface area (Å²) in [6, 6.07) is 16.1. The number of benzene rings is 3. The van der Waals surface area contributed by atoms with Crippen molar-refractivity contribution in [3.63, 3.8) is 0 Å². The van der Waals surface area contributed by atoms with E-state index in [1.807, 2.05) is 44.2 Å². The molecule has 0 saturated heterocycles. The van der Waals surface area contributed by atoms with Gasteiger partial charge in [-0.1, -0.05) is 36.4 Å². The van der Waals surface area contributed by atoms with Crippen LogP contribution in [0.1, 0.15) is 94.3 Å². The summed E-state index contributed by atoms with van der Waals surface area (Å²) in [5, 5.41) is 5.98. The number of nitrogens with one attached hydrogen (secondary N) is 2. The van der Waals surface area contributed by atoms with Gasteiger partial charge in [-0.3, -0.25) is 9.59 Å². The number of halogens is 1. The SMILES string of the molecule is CC(=O)N1CC[C@@H](NC(=O)[C@H](Cc2c(C)cc(OC(=O)OC(C)(C)C)cc2C)NC(=O)OC(C)(C)C)c2cc(Cc3ccccc3)cc(Br)c21. The van der Waals surface area contributed by atoms with Crippen LogP contribution < -0.4 is 20.3 Å². The lowest BCUT2D eigenvalue weighted by atomic mass is 9.91. The average molecular weight is 751 g/mol. The molecular formula is C39H48BrN3O7. The molecule has 1 heterocycles. The third-order valence-corrected chi connectivity index (χ3v) is 8.67. The number of ether oxygens (including phenoxy) is 3. The molecule has 3 aromatic carbocycles. The van der Waals surface area contributed by atoms with E-state index in [2.05, 4.69) is 38.7 Å². The lowest BCUT2D eigenvalue weighted by Gasteiger charge is -2.36. The highest BCUT2D eigenvalue weighted by atomic mass is 79.9. The van der Waals surface area contributed by atoms with Crippen LogP contribution in [0, 0.1) is 13.8 Å². The number of rotatable bonds is 8. The lowest BCUT2D eigenvalue weighted by molar-refractivity contribution is -0.124. The third-order valence-electron chi connectivity index (χ3n) is 8.06. The molecule has 1 aliphatic rings. The summed E-state index contributed by atoms with van der Waals surface area (Å²) in [5.74, 6) is -0.188. The smallest absolute Gasteiger partial charge is 0.444 e. The van der Waals surface area contributed by atoms with Gasteiger partial charge in [-0.05, 0) is 136 Å². The van der Waals surface area contributed by atoms with E-state index in [9.17, 15) is 19.2 Å². The van der Waals surface area contributed by atoms with Crippen LogP contribution in [0.3, 0.4) is 0 Å². The quantitative estimate of drug-likeness (QED) is 0.177. The molecule has 0 radical (unpaired) electrons. The molecule has 3 aromatic rings. The first-order valence-electron chi connectivity index (χ1n) is 16.7. The second-order valence-electron chi connectivity index (χ2n) is 14.7. The van der Waals surface area contributed by atoms with Gasteiger partial charge in [-0.2, -0.15) is 0 Å². The highest BCUT2D eigenvalue weighted by molar-refractivity contribution is 9.10. The van der Waals surface area contributed by atoms with E-state index >= 15 is 0 Å². The standard InChI is InChI=1S/C39H48BrN3O7/c1-23-17-28(48-37(47)50-39(7,8)9)18-24(2)29(23)22-33(42-36(46)49-38(4,5)6)35(45)41-32-15-16-43(25(3)44)34-30(32)20-27(21-31(34)40)19-26-13-11-10-12-14-26/h10-14,17-18,20-21,32-33H,15-16,19,22H2,1-9H3,(H,41,45)(H,42,46)/t32-,33+/m1/s1. The number of amides is 3. The van der Waals surface area contributed by atoms with Crippen molar-refractivity contribution in [2.45, 2.75) is 105 Å². The summed E-state index contributed by atoms with van der Waals surface area (Å²) in [6.45, 7) is 16.2. The Morgan fingerprint density at radius 2 is 1.52 bits per heavy atom. The van der Waals surface area contributed by atoms with Crippen LogP contribution in [-0.2, 0) is 31.9 Å². The zero-order chi connectivity index (χ0) is 37.0. The Kier molecular flexibility index (Phi) is 12.0. The fraction of sp³-hybridized carbons (Fsp3) is 0.436. The number of carbonyl (C=O) groups is 4. The molecule has 4 rings (SSSR count). The molecule has 50 heavy (non-hydrogen) atoms. The van der Waals surface area contributed by atoms with E-state index in [0.717, 1.165) is 43.5 Å². The minimum atomic E-state index is -1.01. The number of aryl methyl sites for hydroxylation is 2. The van der Waals surface area contributed by atoms with E-state index < -0.39 is 41.4 Å². The van der Waals surface area contributed by atoms with Gasteiger partial charge in [0, 0.05) is 24.4 Å². The molecule has 0 bridgehead atoms. The van der Waals surface area contributed by atoms with Crippen LogP contribution in [0.25, 0.3) is 0 Å². The second kappa shape index (κ2) is 15.7. The maximum absolute atomic E-state index is 14.2. The summed E-state index contributed by atoms with van der Waals surface area (Å²) in [5.41, 5.74) is 4.53. The van der Waals surface area contributed by atoms with Gasteiger partial charge in [0.1, 0.15) is 23.0 Å². The van der Waals surface area contributed by atoms with Crippen molar-refractivity contribution < 1.29 is 33.4 Å². The first-order chi connectivity index (χ1) is 23.3. The number of hydrogen-bond acceptors (Lipinski definition) is 7. The number of nitrogens with zero attached hydrogens (tertiary/aromatic N) is 1. The highest BCUT2D eigenvalue weighted by Gasteiger charge is 2.33. The van der Waals surface area contributed by atoms with E-state index in [4.69, 9.17) is 14.2 Å². The van der Waals surface area contributed by atoms with E-state index in [1.165, 1.54) is 6.92 Å². The maximum Gasteiger partial charge on any atom is 0.514 e. The zero-order valence-corrected chi connectivity index (χ0v) is 31.9. The second-order valence-corrected chi connectivity index (χ2v) is 15.6. The number of hydrogen-bond donors (Lipinski definition) is 2. The maximum atomic E-state index is 14.2. The lowest BCUT2D eigenvalue weighted by Crippen LogP contribution is -2.51. The predicted octanol–water partition coefficient (Wildman–Crippen LogP) is 8.02. The number of fused-ring (bicyclic) bond motifs is 1. The summed E-state index contributed by atoms with van der Waals surface area (Å²) >= 11 is 3.71. The topological polar surface area (TPSA) is 123 Å². The van der Waals surface area contributed by atoms with Gasteiger partial charge in [0.25, 0.3) is 0 Å². The summed E-state index contributed by atoms with van der Waals surface area (Å²) in [6.07, 6.45) is -0.248. The molecule has 2 N–H and O–H groups in total. The first kappa shape index (κ1) is 38.4. The molecule has 1 aliphatic heterocycles. The van der Waals surface area contributed by atoms with Crippen LogP contribution in [0.2, 0.25) is 0 Å². The van der Waals surface area contributed by atoms with Crippen LogP contribution >= 0.6 is 15.9 Å². The average Bonchev–Trinajstić information content (AvgIpc) is 2.97. The molecule has 0 aliphatic carbocycles. The molecule has 0 saturated carbocycles. The summed E-state index contributed by atoms with van der Waals surface area (Å²) in [4.78, 5) is 54.0. The van der Waals surface area contributed by atoms with Crippen molar-refractivity contribution in [2.24, 2.45) is 0 Å². The summed E-state index contributed by atoms with van der Waals surface area (Å²) < 4.78 is 17.0. The van der Waals surface area contributed by atoms with Crippen molar-refractivity contribution in [3.05, 3.63) is 92.5 Å². The van der Waals surface area contributed by atoms with E-state index in [0.29, 0.717) is 25.1 Å². The van der Waals surface area contributed by atoms with Gasteiger partial charge in [-0.15, -0.1) is 0 Å². The molecule has 3 amide bonds. The first-order valence-corrected chi connectivity index (χ1v) is 17.5. The van der Waals surface area contributed by atoms with Crippen molar-refractivity contribution >= 4 is 45.7 Å². The Balaban J connectivity index is 1.65. The Morgan fingerprint density at radius 3 is 2.10 bits per heavy atom. The fourth-order valence-corrected chi connectivity index (χ4v) is 6.73. The van der Waals surface area contributed by atoms with Crippen LogP contribution in [0.5, 0.6) is 5.75 Å². The van der Waals surface area contributed by atoms with Crippen LogP contribution in [0.4, 0.5) is 15.3 Å². The van der Waals surface area contributed by atoms with Gasteiger partial charge in [0.15, 0.2) is 0 Å². The molecule has 0 unspecified atom stereocenters. The highest BCUT2D eigenvalue weighted by Crippen LogP contribution is 2.41. The van der Waals surface area contributed by atoms with Crippen molar-refractivity contribution in [2.75, 3.05) is 11.4 Å². The van der Waals surface area contributed by atoms with Gasteiger partial charge < -0.3 is 29.7 Å². The zero-order valence-electron chi connectivity index (χ0n) is 30.4. The molecule has 0 aromatic heterocycles. The van der Waals surface area contributed by atoms with Crippen molar-refractivity contribution in [1.29, 1.82) is 0 Å². The molecule has 11 heteroatoms. The largest absolute Gasteiger partial charge is 0.514 e. The van der Waals surface area contributed by atoms with Gasteiger partial charge >= 0.3 is 12.2 Å². The molecular weight excluding hydrogens is 702 g/mol. The van der Waals surface area contributed by atoms with Gasteiger partial charge in [0.05, 0.1) is 11.7 Å². The normalized spacial score (nSPS) is 15.0. The van der Waals surface area contributed by atoms with Gasteiger partial charge in [0.2, 0.25) is 11.8 Å². The minimum absolute atomic E-state index is 0.0953. The van der Waals surface area contributed by atoms with Crippen LogP contribution in [-0.4, -0.2) is 47.9 Å². The molecule has 268 valence electrons. The van der Waals surface area contributed by atoms with Gasteiger partial charge in [-0.25, -0.2) is 9.59 Å². The Morgan fingerprint density at radius 1 is 0.900 bits per heavy atom. The number of carbonyl (C=O) groups excluding carboxylic acids is 4. The molecule has 0 spiro atoms. The Hall–Kier alpha value is -4.38. The third kappa shape index (κ3) is 10.6. The van der Waals surface area contributed by atoms with E-state index in [1.54, 1.807) is 58.6 Å². The Labute approximate surface area is 303 Å². The fourth-order valence-electron chi connectivity index (χ4n) is 5.99. The molecule has 0 fully saturated rings. The molecule has 10 nitrogen and oxygen atoms in total. The predicted molar refractivity (Wildman–Crippen MR) is 197 cm³/mol.